The third-order valence-corrected chi connectivity index (χ3v) is 16.0. The summed E-state index contributed by atoms with van der Waals surface area (Å²) in [5, 5.41) is 34.3. The number of halogens is 1. The third-order valence-electron chi connectivity index (χ3n) is 15.7. The van der Waals surface area contributed by atoms with E-state index in [-0.39, 0.29) is 57.6 Å². The van der Waals surface area contributed by atoms with E-state index in [0.717, 1.165) is 56.9 Å². The van der Waals surface area contributed by atoms with E-state index in [1.165, 1.54) is 0 Å². The maximum absolute atomic E-state index is 14.0. The van der Waals surface area contributed by atoms with Gasteiger partial charge in [0.2, 0.25) is 0 Å². The molecular formula is C39H58ClNO6. The van der Waals surface area contributed by atoms with Crippen molar-refractivity contribution in [1.82, 2.24) is 4.84 Å². The van der Waals surface area contributed by atoms with Gasteiger partial charge >= 0.3 is 5.97 Å². The zero-order chi connectivity index (χ0) is 34.0. The molecule has 7 rings (SSSR count). The molecule has 0 amide bonds. The summed E-state index contributed by atoms with van der Waals surface area (Å²) in [5.74, 6) is -0.0888. The smallest absolute Gasteiger partial charge is 0.325 e. The van der Waals surface area contributed by atoms with Crippen molar-refractivity contribution in [2.45, 2.75) is 154 Å². The van der Waals surface area contributed by atoms with E-state index in [1.807, 2.05) is 44.2 Å². The number of benzene rings is 1. The second kappa shape index (κ2) is 10.9. The number of carbonyl (C=O) groups is 1. The highest BCUT2D eigenvalue weighted by atomic mass is 35.5. The minimum absolute atomic E-state index is 0.0000601. The topological polar surface area (TPSA) is 108 Å². The Bertz CT molecular complexity index is 1380. The van der Waals surface area contributed by atoms with Crippen molar-refractivity contribution < 1.29 is 29.6 Å². The number of carbonyl (C=O) groups excluding carboxylic acids is 1. The predicted molar refractivity (Wildman–Crippen MR) is 181 cm³/mol. The van der Waals surface area contributed by atoms with Crippen molar-refractivity contribution in [2.75, 3.05) is 0 Å². The number of hydrogen-bond donors (Lipinski definition) is 4. The zero-order valence-electron chi connectivity index (χ0n) is 29.5. The minimum atomic E-state index is -0.938. The lowest BCUT2D eigenvalue weighted by atomic mass is 9.41. The summed E-state index contributed by atoms with van der Waals surface area (Å²) in [6, 6.07) is 9.17. The number of fused-ring (bicyclic) bond motifs is 2. The molecule has 7 nitrogen and oxygen atoms in total. The van der Waals surface area contributed by atoms with E-state index in [0.29, 0.717) is 12.8 Å². The van der Waals surface area contributed by atoms with Crippen LogP contribution in [-0.4, -0.2) is 62.9 Å². The summed E-state index contributed by atoms with van der Waals surface area (Å²) in [6.07, 6.45) is 6.78. The van der Waals surface area contributed by atoms with E-state index < -0.39 is 34.9 Å². The van der Waals surface area contributed by atoms with Crippen LogP contribution in [0.3, 0.4) is 0 Å². The Labute approximate surface area is 286 Å². The lowest BCUT2D eigenvalue weighted by Gasteiger charge is -2.64. The molecule has 1 aromatic rings. The van der Waals surface area contributed by atoms with Crippen molar-refractivity contribution in [2.24, 2.45) is 44.8 Å². The van der Waals surface area contributed by atoms with Crippen LogP contribution < -0.4 is 4.84 Å². The molecule has 6 aliphatic rings. The SMILES string of the molecule is CC(C)(O)[C@@H]1CC[C@](C)([C@H]2[C@@H](O)C[C@@]3(C)C4C[C@H](OC(=O)[C@H](Cc5ccccc5)NCl)[C@H]5C(C)(C)[C@@H](O)CC[C@@]56CC46CC[C@]23C)O1. The fourth-order valence-corrected chi connectivity index (χ4v) is 13.6. The molecule has 262 valence electrons. The van der Waals surface area contributed by atoms with Gasteiger partial charge in [-0.2, -0.15) is 0 Å². The fourth-order valence-electron chi connectivity index (χ4n) is 13.5. The highest BCUT2D eigenvalue weighted by Gasteiger charge is 2.85. The number of aliphatic hydroxyl groups is 3. The Morgan fingerprint density at radius 1 is 1.00 bits per heavy atom. The number of rotatable bonds is 7. The van der Waals surface area contributed by atoms with Gasteiger partial charge < -0.3 is 24.8 Å². The quantitative estimate of drug-likeness (QED) is 0.198. The van der Waals surface area contributed by atoms with Crippen LogP contribution in [0.15, 0.2) is 30.3 Å². The van der Waals surface area contributed by atoms with Crippen molar-refractivity contribution >= 4 is 17.7 Å². The Balaban J connectivity index is 1.23. The van der Waals surface area contributed by atoms with Crippen molar-refractivity contribution in [1.29, 1.82) is 0 Å². The second-order valence-electron chi connectivity index (χ2n) is 18.7. The van der Waals surface area contributed by atoms with Crippen LogP contribution in [0.1, 0.15) is 112 Å². The maximum Gasteiger partial charge on any atom is 0.325 e. The standard InChI is InChI=1S/C39H58ClNO6/c1-33(2)28(43)13-16-39-22-38(39)18-17-35(5)30(37(7)15-14-29(47-37)34(3,4)45)25(42)21-36(35,6)27(38)20-26(31(33)39)46-32(44)24(41-40)19-23-11-9-8-10-12-23/h8-12,24-31,41-43,45H,13-22H2,1-7H3/t24-,25-,26-,27?,28-,29-,30-,31-,35+,36-,37+,38?,39+/m0/s1. The average molecular weight is 672 g/mol. The minimum Gasteiger partial charge on any atom is -0.461 e. The van der Waals surface area contributed by atoms with Crippen LogP contribution in [-0.2, 0) is 20.7 Å². The van der Waals surface area contributed by atoms with Crippen LogP contribution in [0.4, 0.5) is 0 Å². The van der Waals surface area contributed by atoms with Crippen molar-refractivity contribution in [3.8, 4) is 0 Å². The van der Waals surface area contributed by atoms with Gasteiger partial charge in [-0.3, -0.25) is 4.79 Å². The second-order valence-corrected chi connectivity index (χ2v) is 18.9. The summed E-state index contributed by atoms with van der Waals surface area (Å²) in [5.41, 5.74) is -1.13. The molecule has 0 bridgehead atoms. The first-order valence-electron chi connectivity index (χ1n) is 18.3. The van der Waals surface area contributed by atoms with E-state index in [4.69, 9.17) is 21.3 Å². The molecule has 6 fully saturated rings. The van der Waals surface area contributed by atoms with Crippen LogP contribution in [0, 0.1) is 44.8 Å². The van der Waals surface area contributed by atoms with Gasteiger partial charge in [0.25, 0.3) is 0 Å². The molecule has 5 saturated carbocycles. The van der Waals surface area contributed by atoms with Crippen LogP contribution in [0.25, 0.3) is 0 Å². The molecule has 1 aromatic carbocycles. The molecule has 1 saturated heterocycles. The Hall–Kier alpha value is -1.22. The van der Waals surface area contributed by atoms with Crippen LogP contribution in [0.2, 0.25) is 0 Å². The highest BCUT2D eigenvalue weighted by molar-refractivity contribution is 6.14. The largest absolute Gasteiger partial charge is 0.461 e. The Kier molecular flexibility index (Phi) is 7.93. The van der Waals surface area contributed by atoms with Gasteiger partial charge in [0.15, 0.2) is 0 Å². The first-order chi connectivity index (χ1) is 21.9. The van der Waals surface area contributed by atoms with Gasteiger partial charge in [0.1, 0.15) is 12.1 Å². The summed E-state index contributed by atoms with van der Waals surface area (Å²) >= 11 is 6.20. The van der Waals surface area contributed by atoms with Crippen LogP contribution in [0.5, 0.6) is 0 Å². The third kappa shape index (κ3) is 4.72. The van der Waals surface area contributed by atoms with Crippen molar-refractivity contribution in [3.63, 3.8) is 0 Å². The van der Waals surface area contributed by atoms with E-state index in [2.05, 4.69) is 39.5 Å². The summed E-state index contributed by atoms with van der Waals surface area (Å²) < 4.78 is 13.4. The molecule has 1 aliphatic heterocycles. The molecule has 1 heterocycles. The van der Waals surface area contributed by atoms with Gasteiger partial charge in [0.05, 0.1) is 29.5 Å². The zero-order valence-corrected chi connectivity index (χ0v) is 30.3. The normalized spacial score (nSPS) is 48.9. The Morgan fingerprint density at radius 2 is 1.70 bits per heavy atom. The maximum atomic E-state index is 14.0. The molecule has 8 heteroatoms. The molecular weight excluding hydrogens is 614 g/mol. The molecule has 2 unspecified atom stereocenters. The summed E-state index contributed by atoms with van der Waals surface area (Å²) in [6.45, 7) is 15.0. The van der Waals surface area contributed by atoms with Crippen LogP contribution >= 0.6 is 11.8 Å². The predicted octanol–water partition coefficient (Wildman–Crippen LogP) is 6.34. The van der Waals surface area contributed by atoms with Gasteiger partial charge in [-0.05, 0) is 135 Å². The lowest BCUT2D eigenvalue weighted by Crippen LogP contribution is -2.63. The highest BCUT2D eigenvalue weighted by Crippen LogP contribution is 2.89. The number of esters is 1. The summed E-state index contributed by atoms with van der Waals surface area (Å²) in [4.78, 5) is 16.7. The number of nitrogens with one attached hydrogen (secondary N) is 1. The molecule has 4 N–H and O–H groups in total. The first kappa shape index (κ1) is 34.2. The monoisotopic (exact) mass is 671 g/mol. The molecule has 13 atom stereocenters. The Morgan fingerprint density at radius 3 is 2.34 bits per heavy atom. The molecule has 47 heavy (non-hydrogen) atoms. The van der Waals surface area contributed by atoms with E-state index in [1.54, 1.807) is 0 Å². The van der Waals surface area contributed by atoms with E-state index in [9.17, 15) is 20.1 Å². The van der Waals surface area contributed by atoms with E-state index >= 15 is 0 Å². The molecule has 2 spiro atoms. The lowest BCUT2D eigenvalue weighted by molar-refractivity contribution is -0.221. The fraction of sp³-hybridized carbons (Fsp3) is 0.821. The summed E-state index contributed by atoms with van der Waals surface area (Å²) in [7, 11) is 0. The number of aliphatic hydroxyl groups excluding tert-OH is 2. The number of ether oxygens (including phenoxy) is 2. The van der Waals surface area contributed by atoms with Gasteiger partial charge in [-0.15, -0.1) is 0 Å². The van der Waals surface area contributed by atoms with Crippen molar-refractivity contribution in [3.05, 3.63) is 35.9 Å². The van der Waals surface area contributed by atoms with Gasteiger partial charge in [-0.25, -0.2) is 4.84 Å². The molecule has 5 aliphatic carbocycles. The van der Waals surface area contributed by atoms with Gasteiger partial charge in [-0.1, -0.05) is 58.0 Å². The molecule has 0 radical (unpaired) electrons. The van der Waals surface area contributed by atoms with Gasteiger partial charge in [0, 0.05) is 11.8 Å². The first-order valence-corrected chi connectivity index (χ1v) is 18.6. The molecule has 0 aromatic heterocycles. The average Bonchev–Trinajstić information content (AvgIpc) is 3.36. The number of hydrogen-bond acceptors (Lipinski definition) is 7.